The SMILES string of the molecule is O=C(O)C1CCc2nnc(-c3cnn4ccncc34)n2C1. The molecular formula is C13H12N6O2. The molecule has 0 saturated carbocycles. The molecule has 1 aliphatic heterocycles. The van der Waals surface area contributed by atoms with Crippen molar-refractivity contribution in [1.29, 1.82) is 0 Å². The normalized spacial score (nSPS) is 17.8. The molecule has 0 spiro atoms. The van der Waals surface area contributed by atoms with Crippen LogP contribution in [0.2, 0.25) is 0 Å². The highest BCUT2D eigenvalue weighted by Gasteiger charge is 2.28. The fraction of sp³-hybridized carbons (Fsp3) is 0.308. The third-order valence-electron chi connectivity index (χ3n) is 3.86. The van der Waals surface area contributed by atoms with E-state index in [1.807, 2.05) is 4.57 Å². The summed E-state index contributed by atoms with van der Waals surface area (Å²) in [6, 6.07) is 0. The van der Waals surface area contributed by atoms with Crippen LogP contribution in [0.25, 0.3) is 16.9 Å². The summed E-state index contributed by atoms with van der Waals surface area (Å²) in [5, 5.41) is 21.9. The van der Waals surface area contributed by atoms with E-state index in [-0.39, 0.29) is 0 Å². The summed E-state index contributed by atoms with van der Waals surface area (Å²) in [5.74, 6) is 0.304. The van der Waals surface area contributed by atoms with Crippen molar-refractivity contribution in [2.45, 2.75) is 19.4 Å². The molecule has 1 atom stereocenters. The average Bonchev–Trinajstić information content (AvgIpc) is 3.09. The van der Waals surface area contributed by atoms with Crippen LogP contribution in [0, 0.1) is 5.92 Å². The zero-order valence-corrected chi connectivity index (χ0v) is 11.0. The summed E-state index contributed by atoms with van der Waals surface area (Å²) in [5.41, 5.74) is 1.64. The van der Waals surface area contributed by atoms with Crippen molar-refractivity contribution in [2.24, 2.45) is 5.92 Å². The van der Waals surface area contributed by atoms with Crippen LogP contribution in [0.4, 0.5) is 0 Å². The van der Waals surface area contributed by atoms with Crippen molar-refractivity contribution in [2.75, 3.05) is 0 Å². The number of carbonyl (C=O) groups is 1. The van der Waals surface area contributed by atoms with Crippen molar-refractivity contribution >= 4 is 11.5 Å². The molecule has 4 heterocycles. The first-order valence-electron chi connectivity index (χ1n) is 6.66. The lowest BCUT2D eigenvalue weighted by Gasteiger charge is -2.20. The van der Waals surface area contributed by atoms with Gasteiger partial charge in [-0.1, -0.05) is 0 Å². The molecule has 0 saturated heterocycles. The molecule has 8 nitrogen and oxygen atoms in total. The van der Waals surface area contributed by atoms with E-state index in [0.717, 1.165) is 16.9 Å². The molecule has 0 bridgehead atoms. The first-order valence-corrected chi connectivity index (χ1v) is 6.66. The zero-order chi connectivity index (χ0) is 14.4. The summed E-state index contributed by atoms with van der Waals surface area (Å²) in [6.07, 6.45) is 8.06. The standard InChI is InChI=1S/C13H12N6O2/c20-13(21)8-1-2-11-16-17-12(18(11)7-8)9-5-15-19-4-3-14-6-10(9)19/h3-6,8H,1-2,7H2,(H,20,21). The Bertz CT molecular complexity index is 836. The molecule has 21 heavy (non-hydrogen) atoms. The predicted molar refractivity (Wildman–Crippen MR) is 71.4 cm³/mol. The largest absolute Gasteiger partial charge is 0.481 e. The number of carboxylic acids is 1. The highest BCUT2D eigenvalue weighted by atomic mass is 16.4. The van der Waals surface area contributed by atoms with E-state index in [1.54, 1.807) is 29.3 Å². The van der Waals surface area contributed by atoms with Crippen LogP contribution < -0.4 is 0 Å². The van der Waals surface area contributed by atoms with Gasteiger partial charge >= 0.3 is 5.97 Å². The predicted octanol–water partition coefficient (Wildman–Crippen LogP) is 0.635. The number of fused-ring (bicyclic) bond motifs is 2. The number of hydrogen-bond donors (Lipinski definition) is 1. The van der Waals surface area contributed by atoms with E-state index < -0.39 is 11.9 Å². The molecule has 0 radical (unpaired) electrons. The van der Waals surface area contributed by atoms with Gasteiger partial charge in [-0.2, -0.15) is 5.10 Å². The molecule has 1 aliphatic rings. The van der Waals surface area contributed by atoms with Gasteiger partial charge in [0.05, 0.1) is 29.4 Å². The molecule has 0 aromatic carbocycles. The number of rotatable bonds is 2. The highest BCUT2D eigenvalue weighted by molar-refractivity contribution is 5.75. The summed E-state index contributed by atoms with van der Waals surface area (Å²) in [7, 11) is 0. The van der Waals surface area contributed by atoms with Gasteiger partial charge in [-0.15, -0.1) is 10.2 Å². The van der Waals surface area contributed by atoms with Crippen LogP contribution in [0.5, 0.6) is 0 Å². The van der Waals surface area contributed by atoms with Crippen LogP contribution in [-0.4, -0.2) is 40.4 Å². The van der Waals surface area contributed by atoms with Gasteiger partial charge in [0.25, 0.3) is 0 Å². The first kappa shape index (κ1) is 12.0. The second kappa shape index (κ2) is 4.37. The molecule has 0 fully saturated rings. The van der Waals surface area contributed by atoms with Gasteiger partial charge < -0.3 is 9.67 Å². The molecule has 1 N–H and O–H groups in total. The third kappa shape index (κ3) is 1.79. The lowest BCUT2D eigenvalue weighted by molar-refractivity contribution is -0.142. The van der Waals surface area contributed by atoms with Crippen molar-refractivity contribution in [3.63, 3.8) is 0 Å². The van der Waals surface area contributed by atoms with E-state index >= 15 is 0 Å². The summed E-state index contributed by atoms with van der Waals surface area (Å²) >= 11 is 0. The minimum Gasteiger partial charge on any atom is -0.481 e. The highest BCUT2D eigenvalue weighted by Crippen LogP contribution is 2.27. The molecule has 8 heteroatoms. The molecule has 0 amide bonds. The monoisotopic (exact) mass is 284 g/mol. The van der Waals surface area contributed by atoms with Crippen LogP contribution in [0.1, 0.15) is 12.2 Å². The molecule has 0 aliphatic carbocycles. The van der Waals surface area contributed by atoms with Gasteiger partial charge in [0.2, 0.25) is 0 Å². The number of aromatic nitrogens is 6. The van der Waals surface area contributed by atoms with Gasteiger partial charge in [0.15, 0.2) is 5.82 Å². The Morgan fingerprint density at radius 1 is 1.33 bits per heavy atom. The number of carboxylic acid groups (broad SMARTS) is 1. The Morgan fingerprint density at radius 3 is 3.10 bits per heavy atom. The van der Waals surface area contributed by atoms with Crippen molar-refractivity contribution in [3.8, 4) is 11.4 Å². The fourth-order valence-corrected chi connectivity index (χ4v) is 2.73. The van der Waals surface area contributed by atoms with Crippen LogP contribution in [0.3, 0.4) is 0 Å². The zero-order valence-electron chi connectivity index (χ0n) is 11.0. The van der Waals surface area contributed by atoms with E-state index in [0.29, 0.717) is 25.2 Å². The van der Waals surface area contributed by atoms with Gasteiger partial charge in [-0.3, -0.25) is 9.78 Å². The number of hydrogen-bond acceptors (Lipinski definition) is 5. The lowest BCUT2D eigenvalue weighted by atomic mass is 9.99. The van der Waals surface area contributed by atoms with Gasteiger partial charge in [0.1, 0.15) is 5.82 Å². The molecule has 3 aromatic rings. The summed E-state index contributed by atoms with van der Waals surface area (Å²) in [4.78, 5) is 15.3. The van der Waals surface area contributed by atoms with Crippen molar-refractivity contribution in [1.82, 2.24) is 29.4 Å². The van der Waals surface area contributed by atoms with Crippen LogP contribution in [-0.2, 0) is 17.8 Å². The average molecular weight is 284 g/mol. The Hall–Kier alpha value is -2.77. The second-order valence-electron chi connectivity index (χ2n) is 5.09. The Labute approximate surface area is 119 Å². The molecule has 4 rings (SSSR count). The minimum atomic E-state index is -0.776. The van der Waals surface area contributed by atoms with E-state index in [9.17, 15) is 9.90 Å². The quantitative estimate of drug-likeness (QED) is 0.741. The lowest BCUT2D eigenvalue weighted by Crippen LogP contribution is -2.27. The second-order valence-corrected chi connectivity index (χ2v) is 5.09. The van der Waals surface area contributed by atoms with Crippen LogP contribution >= 0.6 is 0 Å². The molecule has 3 aromatic heterocycles. The van der Waals surface area contributed by atoms with Gasteiger partial charge in [-0.25, -0.2) is 4.52 Å². The number of aliphatic carboxylic acids is 1. The smallest absolute Gasteiger partial charge is 0.308 e. The minimum absolute atomic E-state index is 0.393. The maximum Gasteiger partial charge on any atom is 0.308 e. The van der Waals surface area contributed by atoms with Gasteiger partial charge in [-0.05, 0) is 6.42 Å². The van der Waals surface area contributed by atoms with Crippen molar-refractivity contribution < 1.29 is 9.90 Å². The van der Waals surface area contributed by atoms with Gasteiger partial charge in [0, 0.05) is 25.4 Å². The maximum atomic E-state index is 11.2. The first-order chi connectivity index (χ1) is 10.2. The maximum absolute atomic E-state index is 11.2. The van der Waals surface area contributed by atoms with Crippen LogP contribution in [0.15, 0.2) is 24.8 Å². The summed E-state index contributed by atoms with van der Waals surface area (Å²) in [6.45, 7) is 0.393. The Kier molecular flexibility index (Phi) is 2.50. The molecule has 1 unspecified atom stereocenters. The summed E-state index contributed by atoms with van der Waals surface area (Å²) < 4.78 is 3.59. The Balaban J connectivity index is 1.84. The van der Waals surface area contributed by atoms with E-state index in [1.165, 1.54) is 0 Å². The van der Waals surface area contributed by atoms with Crippen molar-refractivity contribution in [3.05, 3.63) is 30.6 Å². The fourth-order valence-electron chi connectivity index (χ4n) is 2.73. The molecular weight excluding hydrogens is 272 g/mol. The number of aryl methyl sites for hydroxylation is 1. The Morgan fingerprint density at radius 2 is 2.24 bits per heavy atom. The topological polar surface area (TPSA) is 98.2 Å². The van der Waals surface area contributed by atoms with E-state index in [2.05, 4.69) is 20.3 Å². The molecule has 106 valence electrons. The third-order valence-corrected chi connectivity index (χ3v) is 3.86. The number of nitrogens with zero attached hydrogens (tertiary/aromatic N) is 6. The van der Waals surface area contributed by atoms with E-state index in [4.69, 9.17) is 0 Å².